The van der Waals surface area contributed by atoms with Crippen LogP contribution in [-0.4, -0.2) is 53.0 Å². The van der Waals surface area contributed by atoms with Crippen molar-refractivity contribution in [1.82, 2.24) is 9.88 Å². The lowest BCUT2D eigenvalue weighted by Gasteiger charge is -2.24. The van der Waals surface area contributed by atoms with E-state index in [1.165, 1.54) is 18.1 Å². The first kappa shape index (κ1) is 22.8. The van der Waals surface area contributed by atoms with E-state index in [2.05, 4.69) is 4.98 Å². The number of likely N-dealkylation sites (tertiary alicyclic amines) is 1. The summed E-state index contributed by atoms with van der Waals surface area (Å²) in [6.07, 6.45) is 2.20. The number of rotatable bonds is 8. The fourth-order valence-corrected chi connectivity index (χ4v) is 3.67. The number of aliphatic hydroxyl groups is 1. The molecule has 7 nitrogen and oxygen atoms in total. The van der Waals surface area contributed by atoms with Gasteiger partial charge in [-0.3, -0.25) is 14.6 Å². The standard InChI is InChI=1S/C23H25ClN2O5/c1-14(2)31-12-6-11-26-20(17-7-4-5-10-25-17)19(22(28)23(26)29)21(27)15-8-9-16(24)18(13-15)30-3/h4-5,7-10,13-14,20,27H,6,11-12H2,1-3H3/b21-19-. The van der Waals surface area contributed by atoms with Gasteiger partial charge in [0, 0.05) is 24.9 Å². The van der Waals surface area contributed by atoms with Gasteiger partial charge in [-0.1, -0.05) is 17.7 Å². The number of ketones is 1. The lowest BCUT2D eigenvalue weighted by Crippen LogP contribution is -2.31. The summed E-state index contributed by atoms with van der Waals surface area (Å²) in [6, 6.07) is 9.10. The molecule has 0 radical (unpaired) electrons. The molecule has 164 valence electrons. The van der Waals surface area contributed by atoms with Gasteiger partial charge in [0.1, 0.15) is 17.6 Å². The zero-order valence-electron chi connectivity index (χ0n) is 17.7. The number of carbonyl (C=O) groups is 2. The number of aliphatic hydroxyl groups excluding tert-OH is 1. The SMILES string of the molecule is COc1cc(/C(O)=C2/C(=O)C(=O)N(CCCOC(C)C)C2c2ccccn2)ccc1Cl. The Morgan fingerprint density at radius 3 is 2.68 bits per heavy atom. The van der Waals surface area contributed by atoms with E-state index in [-0.39, 0.29) is 17.4 Å². The van der Waals surface area contributed by atoms with Crippen molar-refractivity contribution in [1.29, 1.82) is 0 Å². The highest BCUT2D eigenvalue weighted by Gasteiger charge is 2.46. The minimum atomic E-state index is -0.804. The molecule has 0 aliphatic carbocycles. The number of benzene rings is 1. The van der Waals surface area contributed by atoms with Gasteiger partial charge in [-0.05, 0) is 50.6 Å². The van der Waals surface area contributed by atoms with Gasteiger partial charge >= 0.3 is 0 Å². The maximum absolute atomic E-state index is 13.0. The molecule has 0 spiro atoms. The number of nitrogens with zero attached hydrogens (tertiary/aromatic N) is 2. The molecule has 1 amide bonds. The monoisotopic (exact) mass is 444 g/mol. The second kappa shape index (κ2) is 9.94. The van der Waals surface area contributed by atoms with E-state index in [9.17, 15) is 14.7 Å². The van der Waals surface area contributed by atoms with Crippen LogP contribution in [0.5, 0.6) is 5.75 Å². The molecular formula is C23H25ClN2O5. The number of hydrogen-bond donors (Lipinski definition) is 1. The molecule has 1 N–H and O–H groups in total. The Balaban J connectivity index is 2.03. The maximum Gasteiger partial charge on any atom is 0.295 e. The van der Waals surface area contributed by atoms with Gasteiger partial charge in [0.15, 0.2) is 0 Å². The molecule has 1 fully saturated rings. The Morgan fingerprint density at radius 2 is 2.03 bits per heavy atom. The number of ether oxygens (including phenoxy) is 2. The first-order valence-corrected chi connectivity index (χ1v) is 10.4. The average molecular weight is 445 g/mol. The van der Waals surface area contributed by atoms with E-state index in [0.717, 1.165) is 0 Å². The molecule has 2 heterocycles. The average Bonchev–Trinajstić information content (AvgIpc) is 3.02. The zero-order chi connectivity index (χ0) is 22.5. The zero-order valence-corrected chi connectivity index (χ0v) is 18.4. The number of amides is 1. The summed E-state index contributed by atoms with van der Waals surface area (Å²) in [6.45, 7) is 4.60. The van der Waals surface area contributed by atoms with E-state index in [0.29, 0.717) is 41.6 Å². The number of hydrogen-bond acceptors (Lipinski definition) is 6. The van der Waals surface area contributed by atoms with Gasteiger partial charge in [-0.2, -0.15) is 0 Å². The van der Waals surface area contributed by atoms with Crippen LogP contribution < -0.4 is 4.74 Å². The number of aromatic nitrogens is 1. The van der Waals surface area contributed by atoms with Crippen molar-refractivity contribution in [2.24, 2.45) is 0 Å². The molecule has 31 heavy (non-hydrogen) atoms. The normalized spacial score (nSPS) is 18.1. The minimum Gasteiger partial charge on any atom is -0.507 e. The molecule has 8 heteroatoms. The molecule has 1 aliphatic heterocycles. The number of pyridine rings is 1. The van der Waals surface area contributed by atoms with Crippen LogP contribution in [0.2, 0.25) is 5.02 Å². The van der Waals surface area contributed by atoms with Gasteiger partial charge < -0.3 is 19.5 Å². The Hall–Kier alpha value is -2.90. The van der Waals surface area contributed by atoms with Crippen molar-refractivity contribution in [3.63, 3.8) is 0 Å². The van der Waals surface area contributed by atoms with Crippen molar-refractivity contribution in [3.05, 3.63) is 64.4 Å². The van der Waals surface area contributed by atoms with Crippen molar-refractivity contribution >= 4 is 29.1 Å². The Bertz CT molecular complexity index is 991. The molecule has 1 unspecified atom stereocenters. The second-order valence-corrected chi connectivity index (χ2v) is 7.78. The summed E-state index contributed by atoms with van der Waals surface area (Å²) in [5, 5.41) is 11.4. The molecule has 1 atom stereocenters. The third-order valence-electron chi connectivity index (χ3n) is 4.93. The lowest BCUT2D eigenvalue weighted by molar-refractivity contribution is -0.140. The third-order valence-corrected chi connectivity index (χ3v) is 5.24. The number of carbonyl (C=O) groups excluding carboxylic acids is 2. The molecule has 1 saturated heterocycles. The molecule has 1 aromatic heterocycles. The predicted molar refractivity (Wildman–Crippen MR) is 117 cm³/mol. The summed E-state index contributed by atoms with van der Waals surface area (Å²) >= 11 is 6.08. The fourth-order valence-electron chi connectivity index (χ4n) is 3.47. The highest BCUT2D eigenvalue weighted by atomic mass is 35.5. The molecule has 3 rings (SSSR count). The van der Waals surface area contributed by atoms with E-state index < -0.39 is 17.7 Å². The second-order valence-electron chi connectivity index (χ2n) is 7.37. The van der Waals surface area contributed by atoms with Gasteiger partial charge in [-0.15, -0.1) is 0 Å². The van der Waals surface area contributed by atoms with Crippen LogP contribution in [0.4, 0.5) is 0 Å². The number of halogens is 1. The Morgan fingerprint density at radius 1 is 1.26 bits per heavy atom. The summed E-state index contributed by atoms with van der Waals surface area (Å²) in [5.41, 5.74) is 0.801. The van der Waals surface area contributed by atoms with Crippen LogP contribution >= 0.6 is 11.6 Å². The quantitative estimate of drug-likeness (QED) is 0.287. The summed E-state index contributed by atoms with van der Waals surface area (Å²) in [5.74, 6) is -1.39. The Kier molecular flexibility index (Phi) is 7.30. The molecule has 0 bridgehead atoms. The van der Waals surface area contributed by atoms with Crippen LogP contribution in [0.3, 0.4) is 0 Å². The van der Waals surface area contributed by atoms with Crippen molar-refractivity contribution in [3.8, 4) is 5.75 Å². The minimum absolute atomic E-state index is 0.0159. The van der Waals surface area contributed by atoms with Crippen LogP contribution in [0.1, 0.15) is 37.6 Å². The summed E-state index contributed by atoms with van der Waals surface area (Å²) in [4.78, 5) is 31.6. The van der Waals surface area contributed by atoms with Crippen molar-refractivity contribution < 1.29 is 24.2 Å². The highest BCUT2D eigenvalue weighted by Crippen LogP contribution is 2.39. The fraction of sp³-hybridized carbons (Fsp3) is 0.348. The van der Waals surface area contributed by atoms with Gasteiger partial charge in [-0.25, -0.2) is 0 Å². The molecule has 0 saturated carbocycles. The lowest BCUT2D eigenvalue weighted by atomic mass is 9.98. The molecule has 1 aromatic carbocycles. The van der Waals surface area contributed by atoms with Crippen molar-refractivity contribution in [2.75, 3.05) is 20.3 Å². The smallest absolute Gasteiger partial charge is 0.295 e. The van der Waals surface area contributed by atoms with Crippen LogP contribution in [0.25, 0.3) is 5.76 Å². The van der Waals surface area contributed by atoms with E-state index in [4.69, 9.17) is 21.1 Å². The first-order chi connectivity index (χ1) is 14.8. The maximum atomic E-state index is 13.0. The molecule has 1 aliphatic rings. The van der Waals surface area contributed by atoms with E-state index in [1.54, 1.807) is 36.5 Å². The van der Waals surface area contributed by atoms with Gasteiger partial charge in [0.05, 0.1) is 29.5 Å². The van der Waals surface area contributed by atoms with Crippen LogP contribution in [0, 0.1) is 0 Å². The van der Waals surface area contributed by atoms with Crippen molar-refractivity contribution in [2.45, 2.75) is 32.4 Å². The van der Waals surface area contributed by atoms with Gasteiger partial charge in [0.2, 0.25) is 0 Å². The summed E-state index contributed by atoms with van der Waals surface area (Å²) in [7, 11) is 1.46. The topological polar surface area (TPSA) is 89.0 Å². The Labute approximate surface area is 186 Å². The first-order valence-electron chi connectivity index (χ1n) is 10.00. The van der Waals surface area contributed by atoms with Crippen LogP contribution in [-0.2, 0) is 14.3 Å². The van der Waals surface area contributed by atoms with E-state index in [1.807, 2.05) is 13.8 Å². The highest BCUT2D eigenvalue weighted by molar-refractivity contribution is 6.46. The third kappa shape index (κ3) is 4.89. The number of Topliss-reactive ketones (excluding diaryl/α,β-unsaturated/α-hetero) is 1. The van der Waals surface area contributed by atoms with Gasteiger partial charge in [0.25, 0.3) is 11.7 Å². The molecular weight excluding hydrogens is 420 g/mol. The molecule has 2 aromatic rings. The summed E-state index contributed by atoms with van der Waals surface area (Å²) < 4.78 is 10.8. The van der Waals surface area contributed by atoms with E-state index >= 15 is 0 Å². The van der Waals surface area contributed by atoms with Crippen LogP contribution in [0.15, 0.2) is 48.2 Å². The number of methoxy groups -OCH3 is 1. The predicted octanol–water partition coefficient (Wildman–Crippen LogP) is 3.98. The largest absolute Gasteiger partial charge is 0.507 e.